The van der Waals surface area contributed by atoms with Gasteiger partial charge in [0, 0.05) is 31.5 Å². The van der Waals surface area contributed by atoms with Crippen LogP contribution in [-0.4, -0.2) is 19.7 Å². The monoisotopic (exact) mass is 282 g/mol. The predicted octanol–water partition coefficient (Wildman–Crippen LogP) is 1.17. The smallest absolute Gasteiger partial charge is 0.221 e. The minimum absolute atomic E-state index is 0.247. The zero-order chi connectivity index (χ0) is 11.5. The molecule has 84 valence electrons. The maximum atomic E-state index is 5.50. The largest absolute Gasteiger partial charge is 0.368 e. The summed E-state index contributed by atoms with van der Waals surface area (Å²) in [7, 11) is 1.88. The van der Waals surface area contributed by atoms with Gasteiger partial charge in [0.05, 0.1) is 10.7 Å². The third-order valence-electron chi connectivity index (χ3n) is 1.98. The maximum Gasteiger partial charge on any atom is 0.221 e. The molecule has 0 saturated heterocycles. The van der Waals surface area contributed by atoms with E-state index in [4.69, 9.17) is 5.73 Å². The van der Waals surface area contributed by atoms with E-state index in [1.54, 1.807) is 17.1 Å². The van der Waals surface area contributed by atoms with E-state index in [0.717, 1.165) is 10.0 Å². The first-order chi connectivity index (χ1) is 7.65. The number of hydrogen-bond donors (Lipinski definition) is 2. The topological polar surface area (TPSA) is 81.7 Å². The molecule has 0 atom stereocenters. The Morgan fingerprint density at radius 2 is 2.31 bits per heavy atom. The highest BCUT2D eigenvalue weighted by Crippen LogP contribution is 2.19. The molecule has 0 aliphatic carbocycles. The van der Waals surface area contributed by atoms with E-state index in [-0.39, 0.29) is 5.95 Å². The van der Waals surface area contributed by atoms with E-state index in [1.165, 1.54) is 0 Å². The molecule has 2 heterocycles. The van der Waals surface area contributed by atoms with Gasteiger partial charge in [0.2, 0.25) is 5.95 Å². The zero-order valence-corrected chi connectivity index (χ0v) is 10.3. The maximum absolute atomic E-state index is 5.50. The van der Waals surface area contributed by atoms with Crippen LogP contribution < -0.4 is 11.1 Å². The van der Waals surface area contributed by atoms with Gasteiger partial charge in [0.15, 0.2) is 0 Å². The molecule has 0 amide bonds. The number of rotatable bonds is 3. The second kappa shape index (κ2) is 4.48. The quantitative estimate of drug-likeness (QED) is 0.883. The molecule has 0 bridgehead atoms. The molecule has 2 aromatic heterocycles. The van der Waals surface area contributed by atoms with Crippen molar-refractivity contribution in [2.45, 2.75) is 6.54 Å². The van der Waals surface area contributed by atoms with Gasteiger partial charge >= 0.3 is 0 Å². The molecule has 0 radical (unpaired) electrons. The minimum Gasteiger partial charge on any atom is -0.368 e. The second-order valence-electron chi connectivity index (χ2n) is 3.30. The second-order valence-corrected chi connectivity index (χ2v) is 4.15. The number of aryl methyl sites for hydroxylation is 1. The lowest BCUT2D eigenvalue weighted by Gasteiger charge is -2.05. The molecule has 3 N–H and O–H groups in total. The third-order valence-corrected chi connectivity index (χ3v) is 2.56. The Kier molecular flexibility index (Phi) is 3.04. The first kappa shape index (κ1) is 10.9. The highest BCUT2D eigenvalue weighted by atomic mass is 79.9. The third kappa shape index (κ3) is 2.48. The Bertz CT molecular complexity index is 494. The Morgan fingerprint density at radius 1 is 1.50 bits per heavy atom. The lowest BCUT2D eigenvalue weighted by molar-refractivity contribution is 0.767. The van der Waals surface area contributed by atoms with Crippen molar-refractivity contribution in [3.63, 3.8) is 0 Å². The van der Waals surface area contributed by atoms with Crippen LogP contribution in [-0.2, 0) is 13.6 Å². The summed E-state index contributed by atoms with van der Waals surface area (Å²) >= 11 is 3.35. The standard InChI is InChI=1S/C9H11BrN6/c1-16-5-6(3-14-16)2-12-8-7(10)4-13-9(11)15-8/h3-5H,2H2,1H3,(H3,11,12,13,15). The van der Waals surface area contributed by atoms with Crippen LogP contribution in [0.5, 0.6) is 0 Å². The van der Waals surface area contributed by atoms with Crippen LogP contribution >= 0.6 is 15.9 Å². The van der Waals surface area contributed by atoms with E-state index in [0.29, 0.717) is 12.4 Å². The summed E-state index contributed by atoms with van der Waals surface area (Å²) in [5, 5.41) is 7.23. The minimum atomic E-state index is 0.247. The van der Waals surface area contributed by atoms with E-state index >= 15 is 0 Å². The van der Waals surface area contributed by atoms with Crippen molar-refractivity contribution in [3.8, 4) is 0 Å². The van der Waals surface area contributed by atoms with Gasteiger partial charge in [-0.15, -0.1) is 0 Å². The first-order valence-electron chi connectivity index (χ1n) is 4.64. The van der Waals surface area contributed by atoms with Crippen molar-refractivity contribution in [2.24, 2.45) is 7.05 Å². The molecule has 2 aromatic rings. The summed E-state index contributed by atoms with van der Waals surface area (Å²) in [5.74, 6) is 0.924. The number of aromatic nitrogens is 4. The molecule has 6 nitrogen and oxygen atoms in total. The summed E-state index contributed by atoms with van der Waals surface area (Å²) in [5.41, 5.74) is 6.58. The Labute approximate surface area is 101 Å². The van der Waals surface area contributed by atoms with Gasteiger partial charge in [-0.25, -0.2) is 4.98 Å². The number of nitrogens with two attached hydrogens (primary N) is 1. The predicted molar refractivity (Wildman–Crippen MR) is 64.7 cm³/mol. The SMILES string of the molecule is Cn1cc(CNc2nc(N)ncc2Br)cn1. The summed E-state index contributed by atoms with van der Waals surface area (Å²) in [4.78, 5) is 7.94. The molecule has 0 aliphatic heterocycles. The van der Waals surface area contributed by atoms with Gasteiger partial charge in [0.25, 0.3) is 0 Å². The van der Waals surface area contributed by atoms with Crippen LogP contribution in [0.1, 0.15) is 5.56 Å². The van der Waals surface area contributed by atoms with E-state index in [9.17, 15) is 0 Å². The van der Waals surface area contributed by atoms with Crippen LogP contribution in [0.4, 0.5) is 11.8 Å². The van der Waals surface area contributed by atoms with Gasteiger partial charge in [0.1, 0.15) is 5.82 Å². The van der Waals surface area contributed by atoms with Gasteiger partial charge in [-0.1, -0.05) is 0 Å². The first-order valence-corrected chi connectivity index (χ1v) is 5.44. The Balaban J connectivity index is 2.07. The Morgan fingerprint density at radius 3 is 3.00 bits per heavy atom. The van der Waals surface area contributed by atoms with Crippen molar-refractivity contribution in [1.82, 2.24) is 19.7 Å². The van der Waals surface area contributed by atoms with E-state index in [2.05, 4.69) is 36.3 Å². The molecule has 0 unspecified atom stereocenters. The molecule has 16 heavy (non-hydrogen) atoms. The molecular weight excluding hydrogens is 272 g/mol. The molecule has 2 rings (SSSR count). The summed E-state index contributed by atoms with van der Waals surface area (Å²) < 4.78 is 2.53. The fourth-order valence-corrected chi connectivity index (χ4v) is 1.58. The van der Waals surface area contributed by atoms with Gasteiger partial charge in [-0.2, -0.15) is 10.1 Å². The average Bonchev–Trinajstić information content (AvgIpc) is 2.66. The fourth-order valence-electron chi connectivity index (χ4n) is 1.25. The molecule has 7 heteroatoms. The lowest BCUT2D eigenvalue weighted by Crippen LogP contribution is -2.04. The molecular formula is C9H11BrN6. The van der Waals surface area contributed by atoms with Gasteiger partial charge in [-0.05, 0) is 15.9 Å². The van der Waals surface area contributed by atoms with E-state index in [1.807, 2.05) is 13.2 Å². The highest BCUT2D eigenvalue weighted by Gasteiger charge is 2.03. The van der Waals surface area contributed by atoms with Crippen molar-refractivity contribution < 1.29 is 0 Å². The number of nitrogens with one attached hydrogen (secondary N) is 1. The molecule has 0 spiro atoms. The van der Waals surface area contributed by atoms with Crippen LogP contribution in [0.3, 0.4) is 0 Å². The van der Waals surface area contributed by atoms with Crippen LogP contribution in [0, 0.1) is 0 Å². The normalized spacial score (nSPS) is 10.4. The molecule has 0 aliphatic rings. The van der Waals surface area contributed by atoms with Crippen LogP contribution in [0.2, 0.25) is 0 Å². The number of halogens is 1. The van der Waals surface area contributed by atoms with Crippen molar-refractivity contribution in [3.05, 3.63) is 28.6 Å². The summed E-state index contributed by atoms with van der Waals surface area (Å²) in [6, 6.07) is 0. The van der Waals surface area contributed by atoms with Crippen molar-refractivity contribution in [1.29, 1.82) is 0 Å². The summed E-state index contributed by atoms with van der Waals surface area (Å²) in [6.45, 7) is 0.642. The molecule has 0 fully saturated rings. The number of nitrogen functional groups attached to an aromatic ring is 1. The van der Waals surface area contributed by atoms with Crippen LogP contribution in [0.25, 0.3) is 0 Å². The fraction of sp³-hybridized carbons (Fsp3) is 0.222. The molecule has 0 aromatic carbocycles. The lowest BCUT2D eigenvalue weighted by atomic mass is 10.3. The number of anilines is 2. The highest BCUT2D eigenvalue weighted by molar-refractivity contribution is 9.10. The molecule has 0 saturated carbocycles. The van der Waals surface area contributed by atoms with Gasteiger partial charge in [-0.3, -0.25) is 4.68 Å². The zero-order valence-electron chi connectivity index (χ0n) is 8.68. The number of hydrogen-bond acceptors (Lipinski definition) is 5. The van der Waals surface area contributed by atoms with Crippen molar-refractivity contribution in [2.75, 3.05) is 11.1 Å². The van der Waals surface area contributed by atoms with Crippen LogP contribution in [0.15, 0.2) is 23.1 Å². The average molecular weight is 283 g/mol. The van der Waals surface area contributed by atoms with E-state index < -0.39 is 0 Å². The Hall–Kier alpha value is -1.63. The van der Waals surface area contributed by atoms with Gasteiger partial charge < -0.3 is 11.1 Å². The summed E-state index contributed by atoms with van der Waals surface area (Å²) in [6.07, 6.45) is 5.35. The number of nitrogens with zero attached hydrogens (tertiary/aromatic N) is 4. The van der Waals surface area contributed by atoms with Crippen molar-refractivity contribution >= 4 is 27.7 Å².